The van der Waals surface area contributed by atoms with E-state index in [1.165, 1.54) is 24.8 Å². The van der Waals surface area contributed by atoms with Crippen LogP contribution in [-0.2, 0) is 0 Å². The zero-order chi connectivity index (χ0) is 12.5. The lowest BCUT2D eigenvalue weighted by Crippen LogP contribution is -2.53. The summed E-state index contributed by atoms with van der Waals surface area (Å²) in [5.41, 5.74) is 2.14. The van der Waals surface area contributed by atoms with Crippen molar-refractivity contribution >= 4 is 11.7 Å². The number of hydrogen-bond acceptors (Lipinski definition) is 2. The second-order valence-corrected chi connectivity index (χ2v) is 5.05. The number of hydrazine groups is 1. The van der Waals surface area contributed by atoms with Crippen molar-refractivity contribution in [3.8, 4) is 0 Å². The molecule has 0 radical (unpaired) electrons. The van der Waals surface area contributed by atoms with E-state index >= 15 is 0 Å². The van der Waals surface area contributed by atoms with Gasteiger partial charge in [0, 0.05) is 18.8 Å². The quantitative estimate of drug-likeness (QED) is 0.825. The summed E-state index contributed by atoms with van der Waals surface area (Å²) in [6.07, 6.45) is 3.63. The summed E-state index contributed by atoms with van der Waals surface area (Å²) in [6, 6.07) is 8.17. The monoisotopic (exact) mass is 245 g/mol. The molecular formula is C14H19N3O. The molecule has 4 nitrogen and oxygen atoms in total. The van der Waals surface area contributed by atoms with E-state index in [-0.39, 0.29) is 12.1 Å². The molecule has 1 aromatic carbocycles. The van der Waals surface area contributed by atoms with Crippen molar-refractivity contribution in [3.05, 3.63) is 29.8 Å². The van der Waals surface area contributed by atoms with Crippen molar-refractivity contribution in [3.63, 3.8) is 0 Å². The first kappa shape index (κ1) is 11.5. The van der Waals surface area contributed by atoms with E-state index in [1.807, 2.05) is 23.2 Å². The molecular weight excluding hydrogens is 226 g/mol. The molecule has 0 saturated carbocycles. The molecule has 2 amide bonds. The van der Waals surface area contributed by atoms with Crippen LogP contribution >= 0.6 is 0 Å². The van der Waals surface area contributed by atoms with E-state index in [0.29, 0.717) is 0 Å². The van der Waals surface area contributed by atoms with Crippen molar-refractivity contribution in [1.29, 1.82) is 0 Å². The van der Waals surface area contributed by atoms with Gasteiger partial charge in [-0.2, -0.15) is 0 Å². The highest BCUT2D eigenvalue weighted by molar-refractivity contribution is 5.92. The van der Waals surface area contributed by atoms with E-state index in [4.69, 9.17) is 0 Å². The van der Waals surface area contributed by atoms with Crippen LogP contribution in [0.4, 0.5) is 10.5 Å². The Morgan fingerprint density at radius 3 is 2.67 bits per heavy atom. The predicted octanol–water partition coefficient (Wildman–Crippen LogP) is 3.00. The number of piperidine rings is 1. The fourth-order valence-corrected chi connectivity index (χ4v) is 2.92. The van der Waals surface area contributed by atoms with Crippen LogP contribution in [0.15, 0.2) is 24.3 Å². The Balaban J connectivity index is 1.90. The van der Waals surface area contributed by atoms with Crippen molar-refractivity contribution in [1.82, 2.24) is 10.0 Å². The standard InChI is InChI=1S/C14H19N3O/c1-11-12-7-3-4-8-13(12)15-14(18)17(11)16-9-5-2-6-10-16/h3-4,7-8,11H,2,5-6,9-10H2,1H3,(H,15,18). The molecule has 0 bridgehead atoms. The van der Waals surface area contributed by atoms with Crippen molar-refractivity contribution in [2.75, 3.05) is 18.4 Å². The van der Waals surface area contributed by atoms with E-state index in [9.17, 15) is 4.79 Å². The Labute approximate surface area is 108 Å². The first-order chi connectivity index (χ1) is 8.77. The molecule has 4 heteroatoms. The Bertz CT molecular complexity index is 454. The van der Waals surface area contributed by atoms with Gasteiger partial charge in [0.25, 0.3) is 0 Å². The molecule has 2 aliphatic heterocycles. The number of urea groups is 1. The lowest BCUT2D eigenvalue weighted by molar-refractivity contribution is -0.0258. The molecule has 2 aliphatic rings. The van der Waals surface area contributed by atoms with Gasteiger partial charge < -0.3 is 5.32 Å². The minimum atomic E-state index is 0.00287. The Hall–Kier alpha value is -1.55. The molecule has 1 unspecified atom stereocenters. The number of para-hydroxylation sites is 1. The number of anilines is 1. The van der Waals surface area contributed by atoms with Gasteiger partial charge in [0.2, 0.25) is 0 Å². The summed E-state index contributed by atoms with van der Waals surface area (Å²) < 4.78 is 0. The van der Waals surface area contributed by atoms with Crippen LogP contribution in [0, 0.1) is 0 Å². The summed E-state index contributed by atoms with van der Waals surface area (Å²) >= 11 is 0. The number of nitrogens with zero attached hydrogens (tertiary/aromatic N) is 2. The van der Waals surface area contributed by atoms with Crippen LogP contribution in [0.3, 0.4) is 0 Å². The maximum atomic E-state index is 12.2. The number of nitrogens with one attached hydrogen (secondary N) is 1. The fraction of sp³-hybridized carbons (Fsp3) is 0.500. The summed E-state index contributed by atoms with van der Waals surface area (Å²) in [6.45, 7) is 4.08. The number of fused-ring (bicyclic) bond motifs is 1. The normalized spacial score (nSPS) is 24.6. The third kappa shape index (κ3) is 1.86. The predicted molar refractivity (Wildman–Crippen MR) is 71.1 cm³/mol. The average molecular weight is 245 g/mol. The minimum absolute atomic E-state index is 0.00287. The zero-order valence-electron chi connectivity index (χ0n) is 10.7. The van der Waals surface area contributed by atoms with Gasteiger partial charge in [0.05, 0.1) is 6.04 Å². The first-order valence-corrected chi connectivity index (χ1v) is 6.71. The van der Waals surface area contributed by atoms with Gasteiger partial charge in [0.1, 0.15) is 0 Å². The van der Waals surface area contributed by atoms with Crippen molar-refractivity contribution < 1.29 is 4.79 Å². The molecule has 1 fully saturated rings. The van der Waals surface area contributed by atoms with Gasteiger partial charge in [-0.3, -0.25) is 0 Å². The number of benzene rings is 1. The third-order valence-corrected chi connectivity index (χ3v) is 3.86. The highest BCUT2D eigenvalue weighted by atomic mass is 16.2. The molecule has 1 atom stereocenters. The van der Waals surface area contributed by atoms with E-state index < -0.39 is 0 Å². The molecule has 0 spiro atoms. The van der Waals surface area contributed by atoms with Gasteiger partial charge in [-0.25, -0.2) is 14.8 Å². The maximum Gasteiger partial charge on any atom is 0.336 e. The number of carbonyl (C=O) groups excluding carboxylic acids is 1. The smallest absolute Gasteiger partial charge is 0.306 e. The van der Waals surface area contributed by atoms with E-state index in [2.05, 4.69) is 23.3 Å². The molecule has 1 aromatic rings. The van der Waals surface area contributed by atoms with Crippen LogP contribution in [0.2, 0.25) is 0 Å². The molecule has 2 heterocycles. The summed E-state index contributed by atoms with van der Waals surface area (Å²) in [5.74, 6) is 0. The van der Waals surface area contributed by atoms with Crippen LogP contribution < -0.4 is 5.32 Å². The third-order valence-electron chi connectivity index (χ3n) is 3.86. The number of carbonyl (C=O) groups is 1. The molecule has 0 aliphatic carbocycles. The first-order valence-electron chi connectivity index (χ1n) is 6.71. The van der Waals surface area contributed by atoms with Crippen molar-refractivity contribution in [2.24, 2.45) is 0 Å². The minimum Gasteiger partial charge on any atom is -0.306 e. The molecule has 1 N–H and O–H groups in total. The second kappa shape index (κ2) is 4.61. The van der Waals surface area contributed by atoms with E-state index in [1.54, 1.807) is 0 Å². The van der Waals surface area contributed by atoms with Crippen LogP contribution in [0.25, 0.3) is 0 Å². The highest BCUT2D eigenvalue weighted by Crippen LogP contribution is 2.34. The van der Waals surface area contributed by atoms with Gasteiger partial charge in [-0.15, -0.1) is 0 Å². The number of rotatable bonds is 1. The molecule has 1 saturated heterocycles. The summed E-state index contributed by atoms with van der Waals surface area (Å²) in [5, 5.41) is 7.07. The fourth-order valence-electron chi connectivity index (χ4n) is 2.92. The molecule has 0 aromatic heterocycles. The largest absolute Gasteiger partial charge is 0.336 e. The lowest BCUT2D eigenvalue weighted by Gasteiger charge is -2.43. The Morgan fingerprint density at radius 1 is 1.17 bits per heavy atom. The van der Waals surface area contributed by atoms with Gasteiger partial charge >= 0.3 is 6.03 Å². The molecule has 96 valence electrons. The van der Waals surface area contributed by atoms with Crippen LogP contribution in [0.5, 0.6) is 0 Å². The maximum absolute atomic E-state index is 12.2. The summed E-state index contributed by atoms with van der Waals surface area (Å²) in [7, 11) is 0. The zero-order valence-corrected chi connectivity index (χ0v) is 10.7. The molecule has 18 heavy (non-hydrogen) atoms. The number of hydrogen-bond donors (Lipinski definition) is 1. The number of amides is 2. The molecule has 3 rings (SSSR count). The Kier molecular flexibility index (Phi) is 2.96. The summed E-state index contributed by atoms with van der Waals surface area (Å²) in [4.78, 5) is 12.2. The lowest BCUT2D eigenvalue weighted by atomic mass is 10.0. The van der Waals surface area contributed by atoms with Crippen LogP contribution in [-0.4, -0.2) is 29.1 Å². The Morgan fingerprint density at radius 2 is 1.89 bits per heavy atom. The average Bonchev–Trinajstić information content (AvgIpc) is 2.40. The van der Waals surface area contributed by atoms with Gasteiger partial charge in [-0.1, -0.05) is 24.6 Å². The van der Waals surface area contributed by atoms with Crippen LogP contribution in [0.1, 0.15) is 37.8 Å². The topological polar surface area (TPSA) is 35.6 Å². The van der Waals surface area contributed by atoms with Crippen molar-refractivity contribution in [2.45, 2.75) is 32.2 Å². The highest BCUT2D eigenvalue weighted by Gasteiger charge is 2.33. The van der Waals surface area contributed by atoms with Gasteiger partial charge in [0.15, 0.2) is 0 Å². The van der Waals surface area contributed by atoms with E-state index in [0.717, 1.165) is 18.8 Å². The van der Waals surface area contributed by atoms with Gasteiger partial charge in [-0.05, 0) is 31.4 Å². The second-order valence-electron chi connectivity index (χ2n) is 5.05. The SMILES string of the molecule is CC1c2ccccc2NC(=O)N1N1CCCCC1.